The Morgan fingerprint density at radius 2 is 0.833 bits per heavy atom. The number of ether oxygens (including phenoxy) is 4. The molecule has 0 amide bonds. The number of benzene rings is 4. The number of rotatable bonds is 9. The highest BCUT2D eigenvalue weighted by Crippen LogP contribution is 2.38. The van der Waals surface area contributed by atoms with Crippen molar-refractivity contribution in [3.05, 3.63) is 131 Å². The first-order valence-electron chi connectivity index (χ1n) is 11.4. The second-order valence-electron chi connectivity index (χ2n) is 7.93. The first-order valence-corrected chi connectivity index (χ1v) is 11.4. The van der Waals surface area contributed by atoms with Gasteiger partial charge in [-0.2, -0.15) is 0 Å². The summed E-state index contributed by atoms with van der Waals surface area (Å²) in [5.41, 5.74) is 2.06. The Labute approximate surface area is 210 Å². The van der Waals surface area contributed by atoms with Gasteiger partial charge in [0.2, 0.25) is 0 Å². The van der Waals surface area contributed by atoms with E-state index in [4.69, 9.17) is 18.9 Å². The van der Waals surface area contributed by atoms with Crippen molar-refractivity contribution in [2.24, 2.45) is 0 Å². The maximum absolute atomic E-state index is 13.1. The van der Waals surface area contributed by atoms with Crippen molar-refractivity contribution >= 4 is 11.9 Å². The van der Waals surface area contributed by atoms with Gasteiger partial charge in [-0.1, -0.05) is 60.7 Å². The number of carbonyl (C=O) groups excluding carboxylic acids is 2. The lowest BCUT2D eigenvalue weighted by Crippen LogP contribution is -2.23. The fourth-order valence-electron chi connectivity index (χ4n) is 3.71. The van der Waals surface area contributed by atoms with Gasteiger partial charge in [0.25, 0.3) is 0 Å². The maximum Gasteiger partial charge on any atom is 0.338 e. The third-order valence-electron chi connectivity index (χ3n) is 5.65. The summed E-state index contributed by atoms with van der Waals surface area (Å²) in [5.74, 6) is 0.222. The lowest BCUT2D eigenvalue weighted by atomic mass is 9.97. The van der Waals surface area contributed by atoms with Crippen molar-refractivity contribution in [3.63, 3.8) is 0 Å². The molecule has 6 heteroatoms. The Morgan fingerprint density at radius 1 is 0.500 bits per heavy atom. The predicted octanol–water partition coefficient (Wildman–Crippen LogP) is 6.20. The molecule has 4 aromatic carbocycles. The molecular formula is C30H26O6. The van der Waals surface area contributed by atoms with Crippen molar-refractivity contribution < 1.29 is 28.5 Å². The summed E-state index contributed by atoms with van der Waals surface area (Å²) in [5, 5.41) is 0. The van der Waals surface area contributed by atoms with Crippen molar-refractivity contribution in [1.29, 1.82) is 0 Å². The molecule has 2 unspecified atom stereocenters. The second kappa shape index (κ2) is 11.7. The minimum Gasteiger partial charge on any atom is -0.497 e. The Hall–Kier alpha value is -4.58. The summed E-state index contributed by atoms with van der Waals surface area (Å²) < 4.78 is 22.6. The number of esters is 2. The molecule has 0 bridgehead atoms. The van der Waals surface area contributed by atoms with Gasteiger partial charge in [-0.05, 0) is 59.7 Å². The van der Waals surface area contributed by atoms with E-state index in [1.165, 1.54) is 0 Å². The maximum atomic E-state index is 13.1. The minimum absolute atomic E-state index is 0.388. The van der Waals surface area contributed by atoms with Gasteiger partial charge >= 0.3 is 11.9 Å². The van der Waals surface area contributed by atoms with Gasteiger partial charge in [-0.3, -0.25) is 0 Å². The van der Waals surface area contributed by atoms with Gasteiger partial charge < -0.3 is 18.9 Å². The molecule has 4 rings (SSSR count). The zero-order valence-corrected chi connectivity index (χ0v) is 20.0. The summed E-state index contributed by atoms with van der Waals surface area (Å²) >= 11 is 0. The molecule has 0 aliphatic carbocycles. The molecule has 36 heavy (non-hydrogen) atoms. The zero-order chi connectivity index (χ0) is 25.3. The van der Waals surface area contributed by atoms with Gasteiger partial charge in [-0.25, -0.2) is 9.59 Å². The summed E-state index contributed by atoms with van der Waals surface area (Å²) in [6.07, 6.45) is -1.88. The molecule has 0 aromatic heterocycles. The van der Waals surface area contributed by atoms with E-state index in [0.717, 1.165) is 0 Å². The van der Waals surface area contributed by atoms with Crippen LogP contribution >= 0.6 is 0 Å². The smallest absolute Gasteiger partial charge is 0.338 e. The first kappa shape index (κ1) is 24.5. The minimum atomic E-state index is -0.940. The summed E-state index contributed by atoms with van der Waals surface area (Å²) in [4.78, 5) is 26.3. The van der Waals surface area contributed by atoms with E-state index >= 15 is 0 Å². The van der Waals surface area contributed by atoms with E-state index in [1.807, 2.05) is 12.1 Å². The van der Waals surface area contributed by atoms with Crippen LogP contribution in [0.1, 0.15) is 44.1 Å². The highest BCUT2D eigenvalue weighted by molar-refractivity contribution is 5.90. The van der Waals surface area contributed by atoms with Crippen LogP contribution in [0.25, 0.3) is 0 Å². The SMILES string of the molecule is COc1ccc(C(OC(=O)c2ccccc2)C(OC(=O)c2ccccc2)c2ccc(OC)cc2)cc1. The van der Waals surface area contributed by atoms with Gasteiger partial charge in [0, 0.05) is 0 Å². The quantitative estimate of drug-likeness (QED) is 0.265. The van der Waals surface area contributed by atoms with Crippen molar-refractivity contribution in [2.45, 2.75) is 12.2 Å². The average Bonchev–Trinajstić information content (AvgIpc) is 2.95. The van der Waals surface area contributed by atoms with E-state index in [-0.39, 0.29) is 0 Å². The van der Waals surface area contributed by atoms with E-state index in [0.29, 0.717) is 33.8 Å². The highest BCUT2D eigenvalue weighted by Gasteiger charge is 2.33. The zero-order valence-electron chi connectivity index (χ0n) is 20.0. The fraction of sp³-hybridized carbons (Fsp3) is 0.133. The molecule has 0 fully saturated rings. The molecule has 182 valence electrons. The van der Waals surface area contributed by atoms with Gasteiger partial charge in [-0.15, -0.1) is 0 Å². The molecule has 0 spiro atoms. The Morgan fingerprint density at radius 3 is 1.14 bits per heavy atom. The van der Waals surface area contributed by atoms with E-state index in [9.17, 15) is 9.59 Å². The number of methoxy groups -OCH3 is 2. The largest absolute Gasteiger partial charge is 0.497 e. The number of hydrogen-bond donors (Lipinski definition) is 0. The van der Waals surface area contributed by atoms with Crippen LogP contribution in [0.5, 0.6) is 11.5 Å². The lowest BCUT2D eigenvalue weighted by Gasteiger charge is -2.28. The van der Waals surface area contributed by atoms with Gasteiger partial charge in [0.15, 0.2) is 12.2 Å². The van der Waals surface area contributed by atoms with Crippen molar-refractivity contribution in [2.75, 3.05) is 14.2 Å². The normalized spacial score (nSPS) is 12.2. The fourth-order valence-corrected chi connectivity index (χ4v) is 3.71. The van der Waals surface area contributed by atoms with E-state index in [1.54, 1.807) is 111 Å². The molecular weight excluding hydrogens is 456 g/mol. The molecule has 0 heterocycles. The molecule has 0 radical (unpaired) electrons. The van der Waals surface area contributed by atoms with E-state index in [2.05, 4.69) is 0 Å². The van der Waals surface area contributed by atoms with Gasteiger partial charge in [0.05, 0.1) is 25.3 Å². The monoisotopic (exact) mass is 482 g/mol. The van der Waals surface area contributed by atoms with Gasteiger partial charge in [0.1, 0.15) is 11.5 Å². The molecule has 0 saturated heterocycles. The average molecular weight is 483 g/mol. The van der Waals surface area contributed by atoms with Crippen LogP contribution in [0, 0.1) is 0 Å². The Bertz CT molecular complexity index is 1170. The van der Waals surface area contributed by atoms with Crippen LogP contribution in [0.15, 0.2) is 109 Å². The molecule has 0 aliphatic rings. The molecule has 0 N–H and O–H groups in total. The Kier molecular flexibility index (Phi) is 7.98. The van der Waals surface area contributed by atoms with Crippen LogP contribution in [0.4, 0.5) is 0 Å². The predicted molar refractivity (Wildman–Crippen MR) is 135 cm³/mol. The number of hydrogen-bond acceptors (Lipinski definition) is 6. The highest BCUT2D eigenvalue weighted by atomic mass is 16.6. The van der Waals surface area contributed by atoms with Crippen LogP contribution in [-0.2, 0) is 9.47 Å². The number of carbonyl (C=O) groups is 2. The van der Waals surface area contributed by atoms with E-state index < -0.39 is 24.1 Å². The standard InChI is InChI=1S/C30H26O6/c1-33-25-17-13-21(14-18-25)27(35-29(31)23-9-5-3-6-10-23)28(22-15-19-26(34-2)20-16-22)36-30(32)24-11-7-4-8-12-24/h3-20,27-28H,1-2H3. The third kappa shape index (κ3) is 5.91. The summed E-state index contributed by atoms with van der Waals surface area (Å²) in [6.45, 7) is 0. The molecule has 2 atom stereocenters. The summed E-state index contributed by atoms with van der Waals surface area (Å²) in [7, 11) is 3.15. The molecule has 0 saturated carbocycles. The van der Waals surface area contributed by atoms with Crippen LogP contribution in [0.3, 0.4) is 0 Å². The van der Waals surface area contributed by atoms with Crippen molar-refractivity contribution in [3.8, 4) is 11.5 Å². The second-order valence-corrected chi connectivity index (χ2v) is 7.93. The molecule has 4 aromatic rings. The topological polar surface area (TPSA) is 71.1 Å². The lowest BCUT2D eigenvalue weighted by molar-refractivity contribution is -0.0388. The third-order valence-corrected chi connectivity index (χ3v) is 5.65. The first-order chi connectivity index (χ1) is 17.6. The van der Waals surface area contributed by atoms with Crippen LogP contribution < -0.4 is 9.47 Å². The van der Waals surface area contributed by atoms with Crippen LogP contribution in [0.2, 0.25) is 0 Å². The molecule has 6 nitrogen and oxygen atoms in total. The van der Waals surface area contributed by atoms with Crippen LogP contribution in [-0.4, -0.2) is 26.2 Å². The molecule has 0 aliphatic heterocycles. The summed E-state index contributed by atoms with van der Waals surface area (Å²) in [6, 6.07) is 31.6. The Balaban J connectivity index is 1.76. The van der Waals surface area contributed by atoms with Crippen molar-refractivity contribution in [1.82, 2.24) is 0 Å².